The maximum Gasteiger partial charge on any atom is 0.0830 e. The largest absolute Gasteiger partial charge is 0.505 e. The molecule has 0 fully saturated rings. The van der Waals surface area contributed by atoms with Crippen LogP contribution in [-0.4, -0.2) is 14.2 Å². The molecule has 2 heteroatoms. The smallest absolute Gasteiger partial charge is 0.0830 e. The molecule has 2 aromatic carbocycles. The molecule has 2 nitrogen and oxygen atoms in total. The first-order valence-corrected chi connectivity index (χ1v) is 6.23. The predicted molar refractivity (Wildman–Crippen MR) is 86.1 cm³/mol. The summed E-state index contributed by atoms with van der Waals surface area (Å²) in [6.07, 6.45) is 4.95. The van der Waals surface area contributed by atoms with Crippen LogP contribution in [-0.2, 0) is 9.47 Å². The Hall–Kier alpha value is -2.48. The van der Waals surface area contributed by atoms with E-state index in [2.05, 4.69) is 11.3 Å². The van der Waals surface area contributed by atoms with E-state index in [-0.39, 0.29) is 0 Å². The Morgan fingerprint density at radius 2 is 1.15 bits per heavy atom. The molecular formula is C18H22O2. The Balaban J connectivity index is 0.000000307. The van der Waals surface area contributed by atoms with E-state index >= 15 is 0 Å². The van der Waals surface area contributed by atoms with Gasteiger partial charge < -0.3 is 9.47 Å². The van der Waals surface area contributed by atoms with Crippen LogP contribution < -0.4 is 0 Å². The minimum Gasteiger partial charge on any atom is -0.505 e. The molecule has 0 saturated heterocycles. The van der Waals surface area contributed by atoms with Gasteiger partial charge in [-0.25, -0.2) is 0 Å². The lowest BCUT2D eigenvalue weighted by Gasteiger charge is -1.89. The van der Waals surface area contributed by atoms with Crippen LogP contribution in [0.4, 0.5) is 0 Å². The molecule has 0 spiro atoms. The first-order valence-electron chi connectivity index (χ1n) is 6.23. The highest BCUT2D eigenvalue weighted by atomic mass is 16.5. The number of hydrogen-bond donors (Lipinski definition) is 0. The summed E-state index contributed by atoms with van der Waals surface area (Å²) in [7, 11) is 3.20. The monoisotopic (exact) mass is 270 g/mol. The highest BCUT2D eigenvalue weighted by Crippen LogP contribution is 1.99. The fourth-order valence-electron chi connectivity index (χ4n) is 1.10. The van der Waals surface area contributed by atoms with Gasteiger partial charge in [0, 0.05) is 0 Å². The Kier molecular flexibility index (Phi) is 12.8. The number of benzene rings is 2. The highest BCUT2D eigenvalue weighted by molar-refractivity contribution is 5.47. The van der Waals surface area contributed by atoms with Crippen LogP contribution in [0, 0.1) is 0 Å². The van der Waals surface area contributed by atoms with Crippen molar-refractivity contribution in [2.75, 3.05) is 14.2 Å². The summed E-state index contributed by atoms with van der Waals surface area (Å²) in [5, 5.41) is 0. The van der Waals surface area contributed by atoms with Gasteiger partial charge in [-0.3, -0.25) is 0 Å². The minimum atomic E-state index is 1.16. The van der Waals surface area contributed by atoms with Gasteiger partial charge in [-0.2, -0.15) is 0 Å². The summed E-state index contributed by atoms with van der Waals surface area (Å²) in [6.45, 7) is 3.26. The molecule has 2 rings (SSSR count). The van der Waals surface area contributed by atoms with Crippen LogP contribution in [0.15, 0.2) is 85.8 Å². The molecule has 2 aromatic rings. The van der Waals surface area contributed by atoms with Crippen molar-refractivity contribution >= 4 is 6.08 Å². The summed E-state index contributed by atoms with van der Waals surface area (Å²) < 4.78 is 9.07. The van der Waals surface area contributed by atoms with Gasteiger partial charge in [-0.15, -0.1) is 0 Å². The fourth-order valence-corrected chi connectivity index (χ4v) is 1.10. The van der Waals surface area contributed by atoms with Crippen molar-refractivity contribution in [2.45, 2.75) is 0 Å². The van der Waals surface area contributed by atoms with E-state index in [1.807, 2.05) is 72.8 Å². The SMILES string of the molecule is C=COC.COC=Cc1ccccc1.c1ccccc1. The van der Waals surface area contributed by atoms with Crippen molar-refractivity contribution in [3.8, 4) is 0 Å². The van der Waals surface area contributed by atoms with Crippen molar-refractivity contribution in [3.63, 3.8) is 0 Å². The topological polar surface area (TPSA) is 18.5 Å². The second-order valence-corrected chi connectivity index (χ2v) is 3.51. The van der Waals surface area contributed by atoms with Crippen LogP contribution in [0.25, 0.3) is 6.08 Å². The molecule has 0 radical (unpaired) electrons. The summed E-state index contributed by atoms with van der Waals surface area (Å²) in [4.78, 5) is 0. The van der Waals surface area contributed by atoms with E-state index in [1.165, 1.54) is 6.26 Å². The molecule has 0 saturated carbocycles. The molecule has 0 atom stereocenters. The summed E-state index contributed by atoms with van der Waals surface area (Å²) in [5.41, 5.74) is 1.16. The predicted octanol–water partition coefficient (Wildman–Crippen LogP) is 4.77. The minimum absolute atomic E-state index is 1.16. The second-order valence-electron chi connectivity index (χ2n) is 3.51. The molecule has 0 unspecified atom stereocenters. The maximum absolute atomic E-state index is 4.77. The van der Waals surface area contributed by atoms with E-state index < -0.39 is 0 Å². The van der Waals surface area contributed by atoms with Crippen molar-refractivity contribution < 1.29 is 9.47 Å². The van der Waals surface area contributed by atoms with Gasteiger partial charge in [-0.1, -0.05) is 73.3 Å². The van der Waals surface area contributed by atoms with Gasteiger partial charge in [0.2, 0.25) is 0 Å². The van der Waals surface area contributed by atoms with E-state index in [4.69, 9.17) is 4.74 Å². The normalized spacial score (nSPS) is 8.50. The average Bonchev–Trinajstić information content (AvgIpc) is 2.56. The molecule has 0 aliphatic carbocycles. The zero-order valence-electron chi connectivity index (χ0n) is 12.1. The summed E-state index contributed by atoms with van der Waals surface area (Å²) in [6, 6.07) is 22.0. The lowest BCUT2D eigenvalue weighted by Crippen LogP contribution is -1.69. The molecule has 20 heavy (non-hydrogen) atoms. The molecule has 0 bridgehead atoms. The Bertz CT molecular complexity index is 409. The van der Waals surface area contributed by atoms with Gasteiger partial charge in [0.1, 0.15) is 0 Å². The number of ether oxygens (including phenoxy) is 2. The number of methoxy groups -OCH3 is 2. The Labute approximate surface area is 122 Å². The van der Waals surface area contributed by atoms with Crippen LogP contribution in [0.5, 0.6) is 0 Å². The third-order valence-electron chi connectivity index (χ3n) is 2.03. The van der Waals surface area contributed by atoms with E-state index in [9.17, 15) is 0 Å². The average molecular weight is 270 g/mol. The lowest BCUT2D eigenvalue weighted by molar-refractivity contribution is 0.339. The van der Waals surface area contributed by atoms with Crippen LogP contribution in [0.2, 0.25) is 0 Å². The number of hydrogen-bond acceptors (Lipinski definition) is 2. The maximum atomic E-state index is 4.77. The van der Waals surface area contributed by atoms with Gasteiger partial charge in [0.05, 0.1) is 26.7 Å². The van der Waals surface area contributed by atoms with Gasteiger partial charge in [0.15, 0.2) is 0 Å². The van der Waals surface area contributed by atoms with Crippen molar-refractivity contribution in [1.29, 1.82) is 0 Å². The van der Waals surface area contributed by atoms with E-state index in [1.54, 1.807) is 20.5 Å². The lowest BCUT2D eigenvalue weighted by atomic mass is 10.2. The molecular weight excluding hydrogens is 248 g/mol. The fraction of sp³-hybridized carbons (Fsp3) is 0.111. The standard InChI is InChI=1S/C9H10O.C6H6.C3H6O/c1-10-8-7-9-5-3-2-4-6-9;1-2-4-6-5-3-1;1-3-4-2/h2-8H,1H3;1-6H;3H,1H2,2H3. The van der Waals surface area contributed by atoms with Gasteiger partial charge in [-0.05, 0) is 11.6 Å². The first kappa shape index (κ1) is 17.5. The van der Waals surface area contributed by atoms with E-state index in [0.29, 0.717) is 0 Å². The zero-order chi connectivity index (χ0) is 14.9. The molecule has 0 N–H and O–H groups in total. The third kappa shape index (κ3) is 12.0. The molecule has 0 aromatic heterocycles. The van der Waals surface area contributed by atoms with Gasteiger partial charge >= 0.3 is 0 Å². The summed E-state index contributed by atoms with van der Waals surface area (Å²) >= 11 is 0. The van der Waals surface area contributed by atoms with E-state index in [0.717, 1.165) is 5.56 Å². The first-order chi connectivity index (χ1) is 9.85. The highest BCUT2D eigenvalue weighted by Gasteiger charge is 1.79. The second kappa shape index (κ2) is 14.6. The zero-order valence-corrected chi connectivity index (χ0v) is 12.1. The Morgan fingerprint density at radius 3 is 1.50 bits per heavy atom. The molecule has 106 valence electrons. The Morgan fingerprint density at radius 1 is 0.750 bits per heavy atom. The number of rotatable bonds is 3. The molecule has 0 amide bonds. The van der Waals surface area contributed by atoms with Crippen LogP contribution in [0.1, 0.15) is 5.56 Å². The van der Waals surface area contributed by atoms with Gasteiger partial charge in [0.25, 0.3) is 0 Å². The third-order valence-corrected chi connectivity index (χ3v) is 2.03. The molecule has 0 aliphatic rings. The summed E-state index contributed by atoms with van der Waals surface area (Å²) in [5.74, 6) is 0. The van der Waals surface area contributed by atoms with Crippen molar-refractivity contribution in [2.24, 2.45) is 0 Å². The van der Waals surface area contributed by atoms with Crippen LogP contribution >= 0.6 is 0 Å². The van der Waals surface area contributed by atoms with Crippen LogP contribution in [0.3, 0.4) is 0 Å². The molecule has 0 heterocycles. The van der Waals surface area contributed by atoms with Crippen molar-refractivity contribution in [3.05, 3.63) is 91.4 Å². The van der Waals surface area contributed by atoms with Crippen molar-refractivity contribution in [1.82, 2.24) is 0 Å². The quantitative estimate of drug-likeness (QED) is 0.748. The molecule has 0 aliphatic heterocycles.